The van der Waals surface area contributed by atoms with Crippen molar-refractivity contribution in [3.63, 3.8) is 0 Å². The Hall–Kier alpha value is -6.47. The summed E-state index contributed by atoms with van der Waals surface area (Å²) in [5, 5.41) is 9.16. The summed E-state index contributed by atoms with van der Waals surface area (Å²) in [6.45, 7) is 0. The molecule has 3 N–H and O–H groups in total. The Morgan fingerprint density at radius 3 is 0.845 bits per heavy atom. The second kappa shape index (κ2) is 22.3. The largest absolute Gasteiger partial charge is 0.326 e. The van der Waals surface area contributed by atoms with Crippen LogP contribution in [-0.2, 0) is 33.6 Å². The summed E-state index contributed by atoms with van der Waals surface area (Å²) in [6, 6.07) is 54.5. The molecule has 0 unspecified atom stereocenters. The van der Waals surface area contributed by atoms with E-state index in [9.17, 15) is 14.4 Å². The van der Waals surface area contributed by atoms with Gasteiger partial charge in [-0.1, -0.05) is 91.0 Å². The normalized spacial score (nSPS) is 10.8. The Morgan fingerprint density at radius 2 is 0.586 bits per heavy atom. The fraction of sp³-hybridized carbons (Fsp3) is 0.235. The number of nitrogens with zero attached hydrogens (tertiary/aromatic N) is 1. The van der Waals surface area contributed by atoms with Gasteiger partial charge in [0, 0.05) is 53.4 Å². The van der Waals surface area contributed by atoms with Gasteiger partial charge in [0.25, 0.3) is 0 Å². The molecule has 0 spiro atoms. The lowest BCUT2D eigenvalue weighted by Gasteiger charge is -2.26. The molecule has 6 aromatic rings. The van der Waals surface area contributed by atoms with Crippen molar-refractivity contribution in [3.8, 4) is 0 Å². The maximum Gasteiger partial charge on any atom is 0.224 e. The van der Waals surface area contributed by atoms with E-state index in [1.807, 2.05) is 127 Å². The third-order valence-corrected chi connectivity index (χ3v) is 10.1. The van der Waals surface area contributed by atoms with Gasteiger partial charge in [-0.2, -0.15) is 0 Å². The number of hydrogen-bond donors (Lipinski definition) is 3. The fourth-order valence-corrected chi connectivity index (χ4v) is 6.98. The van der Waals surface area contributed by atoms with Crippen molar-refractivity contribution in [2.24, 2.45) is 0 Å². The van der Waals surface area contributed by atoms with Gasteiger partial charge >= 0.3 is 0 Å². The number of amides is 3. The number of unbranched alkanes of at least 4 members (excludes halogenated alkanes) is 3. The average Bonchev–Trinajstić information content (AvgIpc) is 3.26. The van der Waals surface area contributed by atoms with Crippen LogP contribution in [0.15, 0.2) is 164 Å². The van der Waals surface area contributed by atoms with E-state index in [1.54, 1.807) is 0 Å². The summed E-state index contributed by atoms with van der Waals surface area (Å²) in [7, 11) is 0. The molecule has 0 aromatic heterocycles. The standard InChI is InChI=1S/C51H54N4O3/c56-49(25-13-10-22-40-16-4-1-5-17-40)52-43-28-34-46(35-29-43)55(47-36-30-44(31-37-47)53-50(57)26-14-11-23-41-18-6-2-7-19-41)48-38-32-45(33-39-48)54-51(58)27-15-12-24-42-20-8-3-9-21-42/h1-9,16-21,28-39H,10-15,22-27H2,(H,52,56)(H,53,57)(H,54,58). The van der Waals surface area contributed by atoms with E-state index < -0.39 is 0 Å². The first kappa shape index (κ1) is 41.2. The minimum absolute atomic E-state index is 0.000304. The van der Waals surface area contributed by atoms with Crippen molar-refractivity contribution in [2.45, 2.75) is 77.0 Å². The number of nitrogens with one attached hydrogen (secondary N) is 3. The van der Waals surface area contributed by atoms with Crippen LogP contribution >= 0.6 is 0 Å². The fourth-order valence-electron chi connectivity index (χ4n) is 6.98. The molecular weight excluding hydrogens is 717 g/mol. The molecule has 7 heteroatoms. The minimum atomic E-state index is 0.000304. The van der Waals surface area contributed by atoms with Gasteiger partial charge in [-0.25, -0.2) is 0 Å². The molecular formula is C51H54N4O3. The quantitative estimate of drug-likeness (QED) is 0.0636. The second-order valence-corrected chi connectivity index (χ2v) is 14.7. The van der Waals surface area contributed by atoms with Crippen LogP contribution in [0.5, 0.6) is 0 Å². The summed E-state index contributed by atoms with van der Waals surface area (Å²) in [4.78, 5) is 40.5. The van der Waals surface area contributed by atoms with E-state index in [0.29, 0.717) is 19.3 Å². The number of rotatable bonds is 21. The first-order chi connectivity index (χ1) is 28.5. The van der Waals surface area contributed by atoms with Crippen LogP contribution in [0.1, 0.15) is 74.5 Å². The van der Waals surface area contributed by atoms with E-state index in [0.717, 1.165) is 91.9 Å². The third-order valence-electron chi connectivity index (χ3n) is 10.1. The van der Waals surface area contributed by atoms with Crippen LogP contribution in [0.4, 0.5) is 34.1 Å². The SMILES string of the molecule is O=C(CCCCc1ccccc1)Nc1ccc(N(c2ccc(NC(=O)CCCCc3ccccc3)cc2)c2ccc(NC(=O)CCCCc3ccccc3)cc2)cc1. The maximum absolute atomic E-state index is 12.8. The Morgan fingerprint density at radius 1 is 0.328 bits per heavy atom. The van der Waals surface area contributed by atoms with Crippen LogP contribution < -0.4 is 20.9 Å². The second-order valence-electron chi connectivity index (χ2n) is 14.7. The molecule has 6 rings (SSSR count). The van der Waals surface area contributed by atoms with Gasteiger partial charge in [0.1, 0.15) is 0 Å². The molecule has 0 radical (unpaired) electrons. The number of aryl methyl sites for hydroxylation is 3. The molecule has 0 aliphatic rings. The number of benzene rings is 6. The van der Waals surface area contributed by atoms with Gasteiger partial charge in [0.05, 0.1) is 0 Å². The lowest BCUT2D eigenvalue weighted by atomic mass is 10.1. The third kappa shape index (κ3) is 13.6. The van der Waals surface area contributed by atoms with E-state index in [1.165, 1.54) is 16.7 Å². The Bertz CT molecular complexity index is 1890. The molecule has 0 aliphatic heterocycles. The Balaban J connectivity index is 1.07. The molecule has 58 heavy (non-hydrogen) atoms. The predicted octanol–water partition coefficient (Wildman–Crippen LogP) is 12.2. The van der Waals surface area contributed by atoms with Crippen molar-refractivity contribution in [3.05, 3.63) is 180 Å². The number of carbonyl (C=O) groups is 3. The highest BCUT2D eigenvalue weighted by molar-refractivity contribution is 5.93. The van der Waals surface area contributed by atoms with Gasteiger partial charge < -0.3 is 20.9 Å². The first-order valence-corrected chi connectivity index (χ1v) is 20.6. The zero-order chi connectivity index (χ0) is 40.2. The van der Waals surface area contributed by atoms with E-state index >= 15 is 0 Å². The Labute approximate surface area is 343 Å². The molecule has 0 atom stereocenters. The Kier molecular flexibility index (Phi) is 15.8. The molecule has 0 bridgehead atoms. The van der Waals surface area contributed by atoms with Gasteiger partial charge in [-0.3, -0.25) is 14.4 Å². The summed E-state index contributed by atoms with van der Waals surface area (Å²) < 4.78 is 0. The van der Waals surface area contributed by atoms with Gasteiger partial charge in [-0.15, -0.1) is 0 Å². The lowest BCUT2D eigenvalue weighted by Crippen LogP contribution is -2.14. The van der Waals surface area contributed by atoms with Crippen molar-refractivity contribution in [2.75, 3.05) is 20.9 Å². The van der Waals surface area contributed by atoms with Crippen LogP contribution in [0.3, 0.4) is 0 Å². The summed E-state index contributed by atoms with van der Waals surface area (Å²) in [6.07, 6.45) is 9.62. The van der Waals surface area contributed by atoms with E-state index in [2.05, 4.69) is 57.2 Å². The van der Waals surface area contributed by atoms with Crippen LogP contribution in [0.25, 0.3) is 0 Å². The van der Waals surface area contributed by atoms with Crippen LogP contribution in [0, 0.1) is 0 Å². The van der Waals surface area contributed by atoms with Crippen LogP contribution in [0.2, 0.25) is 0 Å². The van der Waals surface area contributed by atoms with Crippen molar-refractivity contribution in [1.82, 2.24) is 0 Å². The van der Waals surface area contributed by atoms with E-state index in [4.69, 9.17) is 0 Å². The molecule has 6 aromatic carbocycles. The minimum Gasteiger partial charge on any atom is -0.326 e. The topological polar surface area (TPSA) is 90.5 Å². The molecule has 0 saturated heterocycles. The highest BCUT2D eigenvalue weighted by atomic mass is 16.2. The molecule has 0 aliphatic carbocycles. The average molecular weight is 771 g/mol. The van der Waals surface area contributed by atoms with Gasteiger partial charge in [0.15, 0.2) is 0 Å². The molecule has 0 saturated carbocycles. The van der Waals surface area contributed by atoms with Crippen LogP contribution in [-0.4, -0.2) is 17.7 Å². The predicted molar refractivity (Wildman–Crippen MR) is 239 cm³/mol. The monoisotopic (exact) mass is 770 g/mol. The molecule has 0 heterocycles. The number of carbonyl (C=O) groups excluding carboxylic acids is 3. The zero-order valence-corrected chi connectivity index (χ0v) is 33.2. The highest BCUT2D eigenvalue weighted by Crippen LogP contribution is 2.36. The zero-order valence-electron chi connectivity index (χ0n) is 33.2. The van der Waals surface area contributed by atoms with E-state index in [-0.39, 0.29) is 17.7 Å². The van der Waals surface area contributed by atoms with Gasteiger partial charge in [0.2, 0.25) is 17.7 Å². The lowest BCUT2D eigenvalue weighted by molar-refractivity contribution is -0.117. The van der Waals surface area contributed by atoms with Crippen molar-refractivity contribution in [1.29, 1.82) is 0 Å². The van der Waals surface area contributed by atoms with Crippen molar-refractivity contribution >= 4 is 51.8 Å². The summed E-state index contributed by atoms with van der Waals surface area (Å²) >= 11 is 0. The van der Waals surface area contributed by atoms with Crippen molar-refractivity contribution < 1.29 is 14.4 Å². The molecule has 0 fully saturated rings. The molecule has 7 nitrogen and oxygen atoms in total. The summed E-state index contributed by atoms with van der Waals surface area (Å²) in [5.41, 5.74) is 8.76. The molecule has 296 valence electrons. The number of hydrogen-bond acceptors (Lipinski definition) is 4. The number of anilines is 6. The smallest absolute Gasteiger partial charge is 0.224 e. The highest BCUT2D eigenvalue weighted by Gasteiger charge is 2.15. The maximum atomic E-state index is 12.8. The van der Waals surface area contributed by atoms with Gasteiger partial charge in [-0.05, 0) is 147 Å². The molecule has 3 amide bonds. The summed E-state index contributed by atoms with van der Waals surface area (Å²) in [5.74, 6) is 0.000913. The first-order valence-electron chi connectivity index (χ1n) is 20.6.